The van der Waals surface area contributed by atoms with Crippen molar-refractivity contribution in [3.8, 4) is 11.1 Å². The van der Waals surface area contributed by atoms with E-state index in [0.29, 0.717) is 6.07 Å². The standard InChI is InChI=1S/C30H30ClF5N4O4S/c1-5-24(41)40-15(2)11-38(12-16(40)3)28-19-8-20(30(34,35)36)25(18-9-21(31)23(33)10-22(18)32)27-26(19)39(29(42)37-28)13-17(14-45-27)44-7-6-43-4/h5,8-10,15-17H,1,6-7,11-14H2,2-4H3/t15-,16+,17-/m0/s1. The fourth-order valence-corrected chi connectivity index (χ4v) is 7.46. The van der Waals surface area contributed by atoms with Gasteiger partial charge < -0.3 is 19.3 Å². The van der Waals surface area contributed by atoms with Crippen molar-refractivity contribution in [3.05, 3.63) is 63.6 Å². The van der Waals surface area contributed by atoms with E-state index in [1.807, 2.05) is 0 Å². The largest absolute Gasteiger partial charge is 0.417 e. The highest BCUT2D eigenvalue weighted by Crippen LogP contribution is 2.49. The Balaban J connectivity index is 1.81. The molecule has 45 heavy (non-hydrogen) atoms. The van der Waals surface area contributed by atoms with Gasteiger partial charge in [0, 0.05) is 65.5 Å². The van der Waals surface area contributed by atoms with Crippen molar-refractivity contribution in [2.45, 2.75) is 49.7 Å². The summed E-state index contributed by atoms with van der Waals surface area (Å²) in [6.07, 6.45) is -4.44. The van der Waals surface area contributed by atoms with Crippen LogP contribution in [-0.4, -0.2) is 77.7 Å². The first-order valence-electron chi connectivity index (χ1n) is 14.0. The van der Waals surface area contributed by atoms with Crippen LogP contribution in [-0.2, 0) is 27.0 Å². The molecule has 2 aliphatic rings. The number of nitrogens with zero attached hydrogens (tertiary/aromatic N) is 4. The molecule has 2 aliphatic heterocycles. The molecule has 0 radical (unpaired) electrons. The predicted molar refractivity (Wildman–Crippen MR) is 162 cm³/mol. The quantitative estimate of drug-likeness (QED) is 0.137. The van der Waals surface area contributed by atoms with Crippen molar-refractivity contribution < 1.29 is 36.2 Å². The number of piperazine rings is 1. The molecule has 0 saturated carbocycles. The average molecular weight is 673 g/mol. The summed E-state index contributed by atoms with van der Waals surface area (Å²) in [6.45, 7) is 7.82. The van der Waals surface area contributed by atoms with Crippen molar-refractivity contribution in [3.63, 3.8) is 0 Å². The molecular formula is C30H30ClF5N4O4S. The Morgan fingerprint density at radius 2 is 1.82 bits per heavy atom. The number of halogens is 6. The van der Waals surface area contributed by atoms with Crippen molar-refractivity contribution in [2.24, 2.45) is 0 Å². The predicted octanol–water partition coefficient (Wildman–Crippen LogP) is 5.76. The number of aromatic nitrogens is 2. The van der Waals surface area contributed by atoms with Crippen molar-refractivity contribution in [2.75, 3.05) is 44.1 Å². The van der Waals surface area contributed by atoms with E-state index in [2.05, 4.69) is 11.6 Å². The molecule has 0 spiro atoms. The third-order valence-electron chi connectivity index (χ3n) is 7.87. The molecular weight excluding hydrogens is 643 g/mol. The molecule has 0 aliphatic carbocycles. The lowest BCUT2D eigenvalue weighted by Crippen LogP contribution is -2.58. The minimum Gasteiger partial charge on any atom is -0.382 e. The molecule has 1 saturated heterocycles. The number of amides is 1. The van der Waals surface area contributed by atoms with E-state index in [1.54, 1.807) is 23.6 Å². The number of anilines is 1. The van der Waals surface area contributed by atoms with E-state index in [-0.39, 0.29) is 66.1 Å². The highest BCUT2D eigenvalue weighted by Gasteiger charge is 2.40. The minimum absolute atomic E-state index is 0.00548. The van der Waals surface area contributed by atoms with Gasteiger partial charge in [0.1, 0.15) is 17.5 Å². The average Bonchev–Trinajstić information content (AvgIpc) is 3.16. The van der Waals surface area contributed by atoms with Gasteiger partial charge in [-0.25, -0.2) is 13.6 Å². The molecule has 0 bridgehead atoms. The van der Waals surface area contributed by atoms with E-state index >= 15 is 4.39 Å². The number of thioether (sulfide) groups is 1. The van der Waals surface area contributed by atoms with Crippen LogP contribution in [0.15, 0.2) is 40.5 Å². The van der Waals surface area contributed by atoms with E-state index in [1.165, 1.54) is 17.8 Å². The Kier molecular flexibility index (Phi) is 9.50. The van der Waals surface area contributed by atoms with Gasteiger partial charge in [-0.2, -0.15) is 18.2 Å². The third kappa shape index (κ3) is 6.29. The van der Waals surface area contributed by atoms with Crippen LogP contribution in [0.5, 0.6) is 0 Å². The first-order chi connectivity index (χ1) is 21.3. The maximum Gasteiger partial charge on any atom is 0.417 e. The van der Waals surface area contributed by atoms with Crippen molar-refractivity contribution in [1.29, 1.82) is 0 Å². The number of alkyl halides is 3. The zero-order valence-corrected chi connectivity index (χ0v) is 26.2. The van der Waals surface area contributed by atoms with Gasteiger partial charge in [0.2, 0.25) is 5.91 Å². The molecule has 1 amide bonds. The number of benzene rings is 2. The number of rotatable bonds is 7. The van der Waals surface area contributed by atoms with Crippen LogP contribution in [0.4, 0.5) is 27.8 Å². The van der Waals surface area contributed by atoms with E-state index in [0.717, 1.165) is 23.9 Å². The third-order valence-corrected chi connectivity index (χ3v) is 9.39. The molecule has 5 rings (SSSR count). The first-order valence-corrected chi connectivity index (χ1v) is 15.4. The fourth-order valence-electron chi connectivity index (χ4n) is 6.02. The summed E-state index contributed by atoms with van der Waals surface area (Å²) in [4.78, 5) is 33.8. The summed E-state index contributed by atoms with van der Waals surface area (Å²) < 4.78 is 86.4. The van der Waals surface area contributed by atoms with Crippen LogP contribution in [0.25, 0.3) is 22.0 Å². The maximum atomic E-state index is 15.3. The molecule has 3 aromatic rings. The van der Waals surface area contributed by atoms with Gasteiger partial charge in [0.25, 0.3) is 0 Å². The Hall–Kier alpha value is -3.20. The Labute approximate surface area is 264 Å². The second-order valence-electron chi connectivity index (χ2n) is 10.9. The molecule has 0 unspecified atom stereocenters. The Bertz CT molecular complexity index is 1710. The second kappa shape index (κ2) is 12.9. The minimum atomic E-state index is -5.00. The lowest BCUT2D eigenvalue weighted by molar-refractivity contribution is -0.137. The van der Waals surface area contributed by atoms with Gasteiger partial charge in [-0.15, -0.1) is 11.8 Å². The van der Waals surface area contributed by atoms with Crippen LogP contribution in [0, 0.1) is 11.6 Å². The van der Waals surface area contributed by atoms with E-state index < -0.39 is 63.4 Å². The van der Waals surface area contributed by atoms with E-state index in [4.69, 9.17) is 21.1 Å². The van der Waals surface area contributed by atoms with Gasteiger partial charge >= 0.3 is 11.9 Å². The van der Waals surface area contributed by atoms with Crippen molar-refractivity contribution >= 4 is 46.0 Å². The molecule has 3 atom stereocenters. The van der Waals surface area contributed by atoms with Gasteiger partial charge in [0.15, 0.2) is 0 Å². The second-order valence-corrected chi connectivity index (χ2v) is 12.4. The number of methoxy groups -OCH3 is 1. The molecule has 15 heteroatoms. The van der Waals surface area contributed by atoms with Crippen LogP contribution < -0.4 is 10.6 Å². The van der Waals surface area contributed by atoms with Gasteiger partial charge in [-0.3, -0.25) is 9.36 Å². The summed E-state index contributed by atoms with van der Waals surface area (Å²) >= 11 is 6.92. The van der Waals surface area contributed by atoms with Crippen LogP contribution >= 0.6 is 23.4 Å². The number of hydrogen-bond acceptors (Lipinski definition) is 7. The Morgan fingerprint density at radius 3 is 2.44 bits per heavy atom. The zero-order chi connectivity index (χ0) is 32.8. The lowest BCUT2D eigenvalue weighted by Gasteiger charge is -2.44. The summed E-state index contributed by atoms with van der Waals surface area (Å²) in [5, 5.41) is -0.545. The number of hydrogen-bond donors (Lipinski definition) is 0. The molecule has 1 aromatic heterocycles. The molecule has 1 fully saturated rings. The van der Waals surface area contributed by atoms with Crippen LogP contribution in [0.1, 0.15) is 19.4 Å². The molecule has 3 heterocycles. The van der Waals surface area contributed by atoms with E-state index in [9.17, 15) is 27.2 Å². The SMILES string of the molecule is C=CC(=O)N1[C@H](C)CN(c2nc(=O)n3c4c(c(-c5cc(Cl)c(F)cc5F)c(C(F)(F)F)cc24)SC[C@@H](OCCOC)C3)C[C@@H]1C. The molecule has 242 valence electrons. The highest BCUT2D eigenvalue weighted by molar-refractivity contribution is 7.99. The summed E-state index contributed by atoms with van der Waals surface area (Å²) in [5.41, 5.74) is -2.96. The van der Waals surface area contributed by atoms with Gasteiger partial charge in [0.05, 0.1) is 42.0 Å². The van der Waals surface area contributed by atoms with Crippen molar-refractivity contribution in [1.82, 2.24) is 14.5 Å². The fraction of sp³-hybridized carbons (Fsp3) is 0.433. The highest BCUT2D eigenvalue weighted by atomic mass is 35.5. The molecule has 8 nitrogen and oxygen atoms in total. The number of ether oxygens (including phenoxy) is 2. The lowest BCUT2D eigenvalue weighted by atomic mass is 9.95. The smallest absolute Gasteiger partial charge is 0.382 e. The summed E-state index contributed by atoms with van der Waals surface area (Å²) in [7, 11) is 1.49. The monoisotopic (exact) mass is 672 g/mol. The topological polar surface area (TPSA) is 76.9 Å². The first kappa shape index (κ1) is 33.2. The summed E-state index contributed by atoms with van der Waals surface area (Å²) in [5.74, 6) is -2.55. The normalized spacial score (nSPS) is 20.4. The van der Waals surface area contributed by atoms with Gasteiger partial charge in [-0.1, -0.05) is 18.2 Å². The Morgan fingerprint density at radius 1 is 1.13 bits per heavy atom. The summed E-state index contributed by atoms with van der Waals surface area (Å²) in [6, 6.07) is 1.33. The maximum absolute atomic E-state index is 15.3. The van der Waals surface area contributed by atoms with Crippen LogP contribution in [0.2, 0.25) is 5.02 Å². The number of carbonyl (C=O) groups excluding carboxylic acids is 1. The molecule has 2 aromatic carbocycles. The zero-order valence-electron chi connectivity index (χ0n) is 24.6. The van der Waals surface area contributed by atoms with Crippen LogP contribution in [0.3, 0.4) is 0 Å². The molecule has 0 N–H and O–H groups in total. The van der Waals surface area contributed by atoms with Gasteiger partial charge in [-0.05, 0) is 32.1 Å². The number of carbonyl (C=O) groups is 1.